The van der Waals surface area contributed by atoms with Gasteiger partial charge in [-0.1, -0.05) is 12.1 Å². The summed E-state index contributed by atoms with van der Waals surface area (Å²) in [6.07, 6.45) is 1.39. The molecule has 0 aliphatic rings. The van der Waals surface area contributed by atoms with Crippen LogP contribution in [0, 0.1) is 0 Å². The number of carboxylic acids is 1. The van der Waals surface area contributed by atoms with Gasteiger partial charge >= 0.3 is 5.97 Å². The minimum absolute atomic E-state index is 0.0291. The Labute approximate surface area is 143 Å². The van der Waals surface area contributed by atoms with Gasteiger partial charge in [-0.25, -0.2) is 4.79 Å². The minimum Gasteiger partial charge on any atom is -0.504 e. The Morgan fingerprint density at radius 3 is 2.75 bits per heavy atom. The third-order valence-electron chi connectivity index (χ3n) is 2.99. The molecule has 0 amide bonds. The van der Waals surface area contributed by atoms with Crippen LogP contribution in [0.3, 0.4) is 0 Å². The van der Waals surface area contributed by atoms with Crippen molar-refractivity contribution >= 4 is 35.2 Å². The molecule has 0 heterocycles. The standard InChI is InChI=1S/C16H15N3O4S/c1-23-13-7-3-5-11(14(13)20)9-17-19-16(24)18-12-6-2-4-10(8-12)15(21)22/h2-9,20H,1H3,(H,21,22)(H2,18,19,24)/b17-9+. The maximum atomic E-state index is 10.9. The second-order valence-electron chi connectivity index (χ2n) is 4.61. The molecular weight excluding hydrogens is 330 g/mol. The monoisotopic (exact) mass is 345 g/mol. The topological polar surface area (TPSA) is 103 Å². The van der Waals surface area contributed by atoms with Gasteiger partial charge in [-0.3, -0.25) is 5.43 Å². The van der Waals surface area contributed by atoms with Crippen molar-refractivity contribution in [3.05, 3.63) is 53.6 Å². The number of nitrogens with zero attached hydrogens (tertiary/aromatic N) is 1. The Balaban J connectivity index is 1.98. The number of anilines is 1. The molecule has 0 fully saturated rings. The second kappa shape index (κ2) is 7.93. The van der Waals surface area contributed by atoms with E-state index in [-0.39, 0.29) is 16.4 Å². The highest BCUT2D eigenvalue weighted by Gasteiger charge is 2.05. The lowest BCUT2D eigenvalue weighted by atomic mass is 10.2. The number of nitrogens with one attached hydrogen (secondary N) is 2. The Kier molecular flexibility index (Phi) is 5.69. The van der Waals surface area contributed by atoms with Crippen molar-refractivity contribution in [2.45, 2.75) is 0 Å². The van der Waals surface area contributed by atoms with Gasteiger partial charge in [0.05, 0.1) is 18.9 Å². The van der Waals surface area contributed by atoms with Crippen molar-refractivity contribution < 1.29 is 19.7 Å². The molecule has 124 valence electrons. The molecule has 2 aromatic rings. The number of aromatic carboxylic acids is 1. The van der Waals surface area contributed by atoms with E-state index in [1.165, 1.54) is 25.5 Å². The van der Waals surface area contributed by atoms with E-state index in [2.05, 4.69) is 15.8 Å². The third-order valence-corrected chi connectivity index (χ3v) is 3.18. The fraction of sp³-hybridized carbons (Fsp3) is 0.0625. The van der Waals surface area contributed by atoms with Crippen molar-refractivity contribution in [2.24, 2.45) is 5.10 Å². The predicted octanol–water partition coefficient (Wildman–Crippen LogP) is 2.42. The normalized spacial score (nSPS) is 10.4. The highest BCUT2D eigenvalue weighted by molar-refractivity contribution is 7.80. The molecule has 0 spiro atoms. The molecule has 2 aromatic carbocycles. The molecule has 0 saturated heterocycles. The molecule has 0 unspecified atom stereocenters. The van der Waals surface area contributed by atoms with Crippen LogP contribution in [-0.2, 0) is 0 Å². The predicted molar refractivity (Wildman–Crippen MR) is 95.0 cm³/mol. The van der Waals surface area contributed by atoms with Crippen LogP contribution in [0.15, 0.2) is 47.6 Å². The number of thiocarbonyl (C=S) groups is 1. The number of hydrogen-bond donors (Lipinski definition) is 4. The van der Waals surface area contributed by atoms with Crippen molar-refractivity contribution in [1.29, 1.82) is 0 Å². The molecule has 0 aromatic heterocycles. The molecule has 0 radical (unpaired) electrons. The zero-order valence-corrected chi connectivity index (χ0v) is 13.5. The molecule has 0 atom stereocenters. The summed E-state index contributed by atoms with van der Waals surface area (Å²) >= 11 is 5.07. The quantitative estimate of drug-likeness (QED) is 0.375. The largest absolute Gasteiger partial charge is 0.504 e. The molecule has 0 aliphatic carbocycles. The van der Waals surface area contributed by atoms with Gasteiger partial charge in [-0.15, -0.1) is 0 Å². The Morgan fingerprint density at radius 1 is 1.29 bits per heavy atom. The summed E-state index contributed by atoms with van der Waals surface area (Å²) in [4.78, 5) is 10.9. The number of rotatable bonds is 5. The first kappa shape index (κ1) is 17.2. The van der Waals surface area contributed by atoms with E-state index >= 15 is 0 Å². The number of ether oxygens (including phenoxy) is 1. The van der Waals surface area contributed by atoms with Gasteiger partial charge in [0.2, 0.25) is 0 Å². The summed E-state index contributed by atoms with van der Waals surface area (Å²) < 4.78 is 5.00. The van der Waals surface area contributed by atoms with Gasteiger partial charge < -0.3 is 20.3 Å². The summed E-state index contributed by atoms with van der Waals surface area (Å²) in [5.74, 6) is -0.715. The van der Waals surface area contributed by atoms with Crippen molar-refractivity contribution in [3.8, 4) is 11.5 Å². The summed E-state index contributed by atoms with van der Waals surface area (Å²) in [5.41, 5.74) is 3.71. The van der Waals surface area contributed by atoms with E-state index in [1.807, 2.05) is 0 Å². The highest BCUT2D eigenvalue weighted by Crippen LogP contribution is 2.27. The number of methoxy groups -OCH3 is 1. The molecule has 8 heteroatoms. The summed E-state index contributed by atoms with van der Waals surface area (Å²) in [6.45, 7) is 0. The van der Waals surface area contributed by atoms with Crippen LogP contribution in [0.25, 0.3) is 0 Å². The van der Waals surface area contributed by atoms with Gasteiger partial charge in [0, 0.05) is 11.3 Å². The van der Waals surface area contributed by atoms with Gasteiger partial charge in [-0.2, -0.15) is 5.10 Å². The minimum atomic E-state index is -1.02. The number of aromatic hydroxyl groups is 1. The molecular formula is C16H15N3O4S. The number of phenolic OH excluding ortho intramolecular Hbond substituents is 1. The Bertz CT molecular complexity index is 793. The molecule has 0 aliphatic heterocycles. The van der Waals surface area contributed by atoms with E-state index in [9.17, 15) is 9.90 Å². The average Bonchev–Trinajstić information content (AvgIpc) is 2.56. The van der Waals surface area contributed by atoms with Crippen molar-refractivity contribution in [1.82, 2.24) is 5.43 Å². The average molecular weight is 345 g/mol. The molecule has 7 nitrogen and oxygen atoms in total. The fourth-order valence-corrected chi connectivity index (χ4v) is 2.03. The van der Waals surface area contributed by atoms with Crippen LogP contribution in [0.2, 0.25) is 0 Å². The number of hydrazone groups is 1. The second-order valence-corrected chi connectivity index (χ2v) is 5.02. The Morgan fingerprint density at radius 2 is 2.04 bits per heavy atom. The lowest BCUT2D eigenvalue weighted by Gasteiger charge is -2.08. The van der Waals surface area contributed by atoms with Crippen LogP contribution in [-0.4, -0.2) is 34.6 Å². The van der Waals surface area contributed by atoms with Gasteiger partial charge in [0.25, 0.3) is 0 Å². The lowest BCUT2D eigenvalue weighted by Crippen LogP contribution is -2.24. The SMILES string of the molecule is COc1cccc(/C=N/NC(=S)Nc2cccc(C(=O)O)c2)c1O. The van der Waals surface area contributed by atoms with E-state index in [0.29, 0.717) is 17.0 Å². The molecule has 24 heavy (non-hydrogen) atoms. The summed E-state index contributed by atoms with van der Waals surface area (Å²) in [5, 5.41) is 25.8. The number of benzene rings is 2. The van der Waals surface area contributed by atoms with Gasteiger partial charge in [0.15, 0.2) is 16.6 Å². The molecule has 2 rings (SSSR count). The fourth-order valence-electron chi connectivity index (χ4n) is 1.86. The molecule has 0 saturated carbocycles. The summed E-state index contributed by atoms with van der Waals surface area (Å²) in [7, 11) is 1.46. The van der Waals surface area contributed by atoms with E-state index in [1.54, 1.807) is 30.3 Å². The maximum Gasteiger partial charge on any atom is 0.335 e. The van der Waals surface area contributed by atoms with Crippen LogP contribution in [0.5, 0.6) is 11.5 Å². The first-order valence-electron chi connectivity index (χ1n) is 6.80. The van der Waals surface area contributed by atoms with Gasteiger partial charge in [-0.05, 0) is 42.5 Å². The van der Waals surface area contributed by atoms with Gasteiger partial charge in [0.1, 0.15) is 0 Å². The number of para-hydroxylation sites is 1. The zero-order chi connectivity index (χ0) is 17.5. The van der Waals surface area contributed by atoms with Crippen LogP contribution >= 0.6 is 12.2 Å². The molecule has 0 bridgehead atoms. The molecule has 4 N–H and O–H groups in total. The number of carboxylic acid groups (broad SMARTS) is 1. The number of hydrogen-bond acceptors (Lipinski definition) is 5. The first-order valence-corrected chi connectivity index (χ1v) is 7.21. The summed E-state index contributed by atoms with van der Waals surface area (Å²) in [6, 6.07) is 11.2. The van der Waals surface area contributed by atoms with E-state index in [0.717, 1.165) is 0 Å². The maximum absolute atomic E-state index is 10.9. The van der Waals surface area contributed by atoms with Crippen LogP contribution < -0.4 is 15.5 Å². The number of phenols is 1. The van der Waals surface area contributed by atoms with Crippen LogP contribution in [0.4, 0.5) is 5.69 Å². The Hall–Kier alpha value is -3.13. The van der Waals surface area contributed by atoms with E-state index < -0.39 is 5.97 Å². The van der Waals surface area contributed by atoms with Crippen LogP contribution in [0.1, 0.15) is 15.9 Å². The number of carbonyl (C=O) groups is 1. The van der Waals surface area contributed by atoms with Crippen molar-refractivity contribution in [2.75, 3.05) is 12.4 Å². The third kappa shape index (κ3) is 4.43. The smallest absolute Gasteiger partial charge is 0.335 e. The zero-order valence-electron chi connectivity index (χ0n) is 12.7. The lowest BCUT2D eigenvalue weighted by molar-refractivity contribution is 0.0697. The first-order chi connectivity index (χ1) is 11.5. The van der Waals surface area contributed by atoms with E-state index in [4.69, 9.17) is 22.1 Å². The highest BCUT2D eigenvalue weighted by atomic mass is 32.1. The van der Waals surface area contributed by atoms with Crippen molar-refractivity contribution in [3.63, 3.8) is 0 Å².